The van der Waals surface area contributed by atoms with Crippen LogP contribution in [0, 0.1) is 0 Å². The Kier molecular flexibility index (Phi) is 7.07. The van der Waals surface area contributed by atoms with Crippen LogP contribution in [0.2, 0.25) is 0 Å². The molecule has 0 bridgehead atoms. The molecule has 0 fully saturated rings. The molecular weight excluding hydrogens is 264 g/mol. The van der Waals surface area contributed by atoms with Crippen LogP contribution >= 0.6 is 11.8 Å². The molecule has 1 atom stereocenters. The Balaban J connectivity index is 2.42. The Morgan fingerprint density at radius 2 is 2.32 bits per heavy atom. The van der Waals surface area contributed by atoms with Crippen LogP contribution in [0.5, 0.6) is 5.75 Å². The molecule has 0 saturated heterocycles. The van der Waals surface area contributed by atoms with Crippen molar-refractivity contribution in [3.05, 3.63) is 35.9 Å². The molecule has 0 radical (unpaired) electrons. The first-order chi connectivity index (χ1) is 9.11. The van der Waals surface area contributed by atoms with E-state index in [9.17, 15) is 4.79 Å². The van der Waals surface area contributed by atoms with Crippen molar-refractivity contribution in [2.24, 2.45) is 0 Å². The zero-order chi connectivity index (χ0) is 14.1. The molecule has 0 aromatic heterocycles. The normalized spacial score (nSPS) is 12.5. The topological polar surface area (TPSA) is 66.8 Å². The van der Waals surface area contributed by atoms with E-state index < -0.39 is 5.97 Å². The summed E-state index contributed by atoms with van der Waals surface area (Å²) in [5.74, 6) is 0.544. The fourth-order valence-corrected chi connectivity index (χ4v) is 2.02. The molecule has 0 aliphatic rings. The second-order valence-electron chi connectivity index (χ2n) is 3.96. The minimum absolute atomic E-state index is 0.167. The lowest BCUT2D eigenvalue weighted by molar-refractivity contribution is -0.131. The summed E-state index contributed by atoms with van der Waals surface area (Å²) in [7, 11) is 0. The molecule has 1 aromatic rings. The maximum absolute atomic E-state index is 10.4. The van der Waals surface area contributed by atoms with Crippen molar-refractivity contribution in [2.45, 2.75) is 12.2 Å². The first-order valence-corrected chi connectivity index (χ1v) is 7.03. The van der Waals surface area contributed by atoms with Crippen LogP contribution in [0.1, 0.15) is 12.5 Å². The molecule has 0 aliphatic carbocycles. The van der Waals surface area contributed by atoms with Crippen molar-refractivity contribution in [3.8, 4) is 5.75 Å². The number of thioether (sulfide) groups is 1. The summed E-state index contributed by atoms with van der Waals surface area (Å²) in [6.07, 6.45) is 2.62. The predicted octanol–water partition coefficient (Wildman–Crippen LogP) is 2.28. The van der Waals surface area contributed by atoms with E-state index in [0.29, 0.717) is 12.4 Å². The third-order valence-corrected chi connectivity index (χ3v) is 3.41. The molecular formula is C14H18O4S. The number of hydrogen-bond donors (Lipinski definition) is 2. The van der Waals surface area contributed by atoms with E-state index in [1.807, 2.05) is 25.1 Å². The van der Waals surface area contributed by atoms with E-state index in [-0.39, 0.29) is 11.9 Å². The van der Waals surface area contributed by atoms with Gasteiger partial charge in [-0.25, -0.2) is 4.79 Å². The van der Waals surface area contributed by atoms with Gasteiger partial charge in [-0.15, -0.1) is 0 Å². The predicted molar refractivity (Wildman–Crippen MR) is 77.6 cm³/mol. The summed E-state index contributed by atoms with van der Waals surface area (Å²) < 4.78 is 5.56. The number of aliphatic hydroxyl groups excluding tert-OH is 1. The van der Waals surface area contributed by atoms with Gasteiger partial charge in [0.05, 0.1) is 13.2 Å². The van der Waals surface area contributed by atoms with Crippen molar-refractivity contribution in [2.75, 3.05) is 19.0 Å². The Labute approximate surface area is 117 Å². The molecule has 1 rings (SSSR count). The average molecular weight is 282 g/mol. The number of ether oxygens (including phenoxy) is 1. The van der Waals surface area contributed by atoms with Crippen LogP contribution in [-0.2, 0) is 4.79 Å². The lowest BCUT2D eigenvalue weighted by Crippen LogP contribution is -2.07. The fourth-order valence-electron chi connectivity index (χ4n) is 1.34. The third kappa shape index (κ3) is 6.88. The summed E-state index contributed by atoms with van der Waals surface area (Å²) in [6.45, 7) is 2.68. The molecule has 0 heterocycles. The van der Waals surface area contributed by atoms with Gasteiger partial charge in [0.1, 0.15) is 5.75 Å². The highest BCUT2D eigenvalue weighted by Crippen LogP contribution is 2.16. The number of hydrogen-bond acceptors (Lipinski definition) is 4. The van der Waals surface area contributed by atoms with E-state index in [2.05, 4.69) is 0 Å². The monoisotopic (exact) mass is 282 g/mol. The summed E-state index contributed by atoms with van der Waals surface area (Å²) in [5.41, 5.74) is 0.788. The number of benzene rings is 1. The second-order valence-corrected chi connectivity index (χ2v) is 5.50. The van der Waals surface area contributed by atoms with Crippen molar-refractivity contribution in [1.82, 2.24) is 0 Å². The van der Waals surface area contributed by atoms with Crippen molar-refractivity contribution in [1.29, 1.82) is 0 Å². The van der Waals surface area contributed by atoms with E-state index in [0.717, 1.165) is 17.4 Å². The molecule has 1 unspecified atom stereocenters. The quantitative estimate of drug-likeness (QED) is 0.565. The molecule has 0 amide bonds. The zero-order valence-corrected chi connectivity index (χ0v) is 11.6. The average Bonchev–Trinajstić information content (AvgIpc) is 2.41. The minimum atomic E-state index is -0.972. The maximum atomic E-state index is 10.4. The van der Waals surface area contributed by atoms with Crippen LogP contribution in [0.15, 0.2) is 30.3 Å². The zero-order valence-electron chi connectivity index (χ0n) is 10.8. The smallest absolute Gasteiger partial charge is 0.328 e. The molecule has 0 spiro atoms. The number of carbonyl (C=O) groups is 1. The molecule has 19 heavy (non-hydrogen) atoms. The van der Waals surface area contributed by atoms with Gasteiger partial charge in [0, 0.05) is 17.1 Å². The van der Waals surface area contributed by atoms with Crippen molar-refractivity contribution in [3.63, 3.8) is 0 Å². The van der Waals surface area contributed by atoms with Gasteiger partial charge in [0.15, 0.2) is 0 Å². The Morgan fingerprint density at radius 1 is 1.53 bits per heavy atom. The molecule has 104 valence electrons. The summed E-state index contributed by atoms with van der Waals surface area (Å²) >= 11 is 1.65. The highest BCUT2D eigenvalue weighted by Gasteiger charge is 2.00. The van der Waals surface area contributed by atoms with E-state index in [1.165, 1.54) is 6.08 Å². The Hall–Kier alpha value is -1.46. The second kappa shape index (κ2) is 8.61. The van der Waals surface area contributed by atoms with Gasteiger partial charge in [-0.05, 0) is 23.8 Å². The molecule has 5 heteroatoms. The minimum Gasteiger partial charge on any atom is -0.493 e. The van der Waals surface area contributed by atoms with Crippen LogP contribution in [0.3, 0.4) is 0 Å². The lowest BCUT2D eigenvalue weighted by Gasteiger charge is -2.09. The van der Waals surface area contributed by atoms with E-state index in [1.54, 1.807) is 17.8 Å². The summed E-state index contributed by atoms with van der Waals surface area (Å²) in [6, 6.07) is 7.26. The van der Waals surface area contributed by atoms with Crippen LogP contribution in [-0.4, -0.2) is 40.4 Å². The first kappa shape index (κ1) is 15.6. The van der Waals surface area contributed by atoms with Gasteiger partial charge in [0.25, 0.3) is 0 Å². The Bertz CT molecular complexity index is 431. The summed E-state index contributed by atoms with van der Waals surface area (Å²) in [5, 5.41) is 17.6. The molecule has 0 aliphatic heterocycles. The number of aliphatic hydroxyl groups is 1. The van der Waals surface area contributed by atoms with Gasteiger partial charge >= 0.3 is 5.97 Å². The largest absolute Gasteiger partial charge is 0.493 e. The van der Waals surface area contributed by atoms with Crippen LogP contribution in [0.25, 0.3) is 6.08 Å². The van der Waals surface area contributed by atoms with Crippen LogP contribution in [0.4, 0.5) is 0 Å². The maximum Gasteiger partial charge on any atom is 0.328 e. The summed E-state index contributed by atoms with van der Waals surface area (Å²) in [4.78, 5) is 10.4. The van der Waals surface area contributed by atoms with Crippen molar-refractivity contribution >= 4 is 23.8 Å². The van der Waals surface area contributed by atoms with Gasteiger partial charge in [-0.2, -0.15) is 11.8 Å². The lowest BCUT2D eigenvalue weighted by atomic mass is 10.2. The standard InChI is InChI=1S/C14H18O4S/c1-11(10-15)19-8-7-18-13-4-2-3-12(9-13)5-6-14(16)17/h2-6,9,11,15H,7-8,10H2,1H3,(H,16,17)/b6-5+. The molecule has 2 N–H and O–H groups in total. The Morgan fingerprint density at radius 3 is 3.00 bits per heavy atom. The number of carboxylic acid groups (broad SMARTS) is 1. The number of rotatable bonds is 8. The van der Waals surface area contributed by atoms with Gasteiger partial charge in [-0.1, -0.05) is 19.1 Å². The highest BCUT2D eigenvalue weighted by atomic mass is 32.2. The molecule has 0 saturated carbocycles. The van der Waals surface area contributed by atoms with Crippen molar-refractivity contribution < 1.29 is 19.7 Å². The number of aliphatic carboxylic acids is 1. The van der Waals surface area contributed by atoms with Gasteiger partial charge in [0.2, 0.25) is 0 Å². The highest BCUT2D eigenvalue weighted by molar-refractivity contribution is 7.99. The van der Waals surface area contributed by atoms with Gasteiger partial charge < -0.3 is 14.9 Å². The fraction of sp³-hybridized carbons (Fsp3) is 0.357. The molecule has 1 aromatic carbocycles. The van der Waals surface area contributed by atoms with Gasteiger partial charge in [-0.3, -0.25) is 0 Å². The first-order valence-electron chi connectivity index (χ1n) is 5.98. The van der Waals surface area contributed by atoms with Crippen LogP contribution < -0.4 is 4.74 Å². The molecule has 4 nitrogen and oxygen atoms in total. The third-order valence-electron chi connectivity index (χ3n) is 2.29. The van der Waals surface area contributed by atoms with E-state index >= 15 is 0 Å². The number of carboxylic acids is 1. The van der Waals surface area contributed by atoms with E-state index in [4.69, 9.17) is 14.9 Å². The SMILES string of the molecule is CC(CO)SCCOc1cccc(/C=C/C(=O)O)c1.